The number of benzene rings is 2. The van der Waals surface area contributed by atoms with Crippen LogP contribution in [0.3, 0.4) is 0 Å². The summed E-state index contributed by atoms with van der Waals surface area (Å²) in [5.41, 5.74) is 23.0. The van der Waals surface area contributed by atoms with Crippen LogP contribution in [0.5, 0.6) is 0 Å². The number of carbonyl (C=O) groups excluding carboxylic acids is 6. The number of rotatable bonds is 24. The van der Waals surface area contributed by atoms with Crippen molar-refractivity contribution in [3.05, 3.63) is 71.8 Å². The van der Waals surface area contributed by atoms with E-state index in [0.29, 0.717) is 11.1 Å². The summed E-state index contributed by atoms with van der Waals surface area (Å²) in [5, 5.41) is 31.7. The van der Waals surface area contributed by atoms with Gasteiger partial charge in [0.15, 0.2) is 5.96 Å². The molecular weight excluding hydrogens is 728 g/mol. The third kappa shape index (κ3) is 16.9. The number of guanidine groups is 1. The van der Waals surface area contributed by atoms with E-state index in [-0.39, 0.29) is 50.5 Å². The summed E-state index contributed by atoms with van der Waals surface area (Å²) in [5.74, 6) is -6.91. The number of hydrogen-bond acceptors (Lipinski definition) is 10. The van der Waals surface area contributed by atoms with Gasteiger partial charge >= 0.3 is 5.97 Å². The minimum absolute atomic E-state index is 0.0173. The van der Waals surface area contributed by atoms with Crippen molar-refractivity contribution in [1.29, 1.82) is 0 Å². The second-order valence-electron chi connectivity index (χ2n) is 13.6. The summed E-state index contributed by atoms with van der Waals surface area (Å²) < 4.78 is 0. The molecule has 0 bridgehead atoms. The maximum Gasteiger partial charge on any atom is 0.326 e. The molecule has 56 heavy (non-hydrogen) atoms. The maximum atomic E-state index is 14.1. The highest BCUT2D eigenvalue weighted by Gasteiger charge is 2.33. The first-order valence-electron chi connectivity index (χ1n) is 18.0. The Balaban J connectivity index is 2.42. The fraction of sp³-hybridized carbons (Fsp3) is 0.459. The highest BCUT2D eigenvalue weighted by molar-refractivity contribution is 5.97. The van der Waals surface area contributed by atoms with Gasteiger partial charge in [0.25, 0.3) is 0 Å². The van der Waals surface area contributed by atoms with Crippen LogP contribution in [-0.4, -0.2) is 107 Å². The molecule has 0 aliphatic carbocycles. The Kier molecular flexibility index (Phi) is 19.5. The molecule has 0 aliphatic rings. The molecule has 2 aromatic carbocycles. The van der Waals surface area contributed by atoms with Crippen LogP contribution < -0.4 is 49.5 Å². The Labute approximate surface area is 324 Å². The quantitative estimate of drug-likeness (QED) is 0.0294. The van der Waals surface area contributed by atoms with E-state index >= 15 is 0 Å². The van der Waals surface area contributed by atoms with Gasteiger partial charge in [-0.15, -0.1) is 0 Å². The number of nitrogens with two attached hydrogens (primary N) is 4. The van der Waals surface area contributed by atoms with Crippen molar-refractivity contribution in [3.8, 4) is 0 Å². The molecule has 306 valence electrons. The Morgan fingerprint density at radius 3 is 1.52 bits per heavy atom. The summed E-state index contributed by atoms with van der Waals surface area (Å²) in [6.45, 7) is 2.99. The van der Waals surface area contributed by atoms with Crippen LogP contribution >= 0.6 is 0 Å². The summed E-state index contributed by atoms with van der Waals surface area (Å²) in [4.78, 5) is 94.9. The lowest BCUT2D eigenvalue weighted by atomic mass is 9.99. The van der Waals surface area contributed by atoms with E-state index in [1.165, 1.54) is 0 Å². The monoisotopic (exact) mass is 782 g/mol. The van der Waals surface area contributed by atoms with Gasteiger partial charge in [0.2, 0.25) is 35.4 Å². The zero-order valence-corrected chi connectivity index (χ0v) is 31.5. The summed E-state index contributed by atoms with van der Waals surface area (Å²) in [6, 6.07) is 9.41. The zero-order valence-electron chi connectivity index (χ0n) is 31.5. The number of carboxylic acids is 1. The van der Waals surface area contributed by atoms with E-state index < -0.39 is 90.7 Å². The van der Waals surface area contributed by atoms with Crippen molar-refractivity contribution in [3.63, 3.8) is 0 Å². The largest absolute Gasteiger partial charge is 0.480 e. The Morgan fingerprint density at radius 2 is 1.07 bits per heavy atom. The lowest BCUT2D eigenvalue weighted by Crippen LogP contribution is -2.60. The number of amides is 6. The molecule has 0 spiro atoms. The standard InChI is InChI=1S/C37H54N10O9/c1-21(2)16-26(33(52)43-25(14-9-15-42-37(40)41)32(51)47-29(36(55)56)19-30(39)49)45-35(54)28(18-23-12-7-4-8-13-23)46-34(53)27(44-31(50)24(38)20-48)17-22-10-5-3-6-11-22/h3-8,10-13,21,24-29,48H,9,14-20,38H2,1-2H3,(H2,39,49)(H,43,52)(H,44,50)(H,45,54)(H,46,53)(H,47,51)(H,55,56)(H4,40,41,42)/t24-,25-,26-,27-,28-,29-/m0/s1. The van der Waals surface area contributed by atoms with E-state index in [0.717, 1.165) is 0 Å². The smallest absolute Gasteiger partial charge is 0.326 e. The molecule has 0 heterocycles. The van der Waals surface area contributed by atoms with Crippen molar-refractivity contribution < 1.29 is 43.8 Å². The van der Waals surface area contributed by atoms with E-state index in [9.17, 15) is 43.8 Å². The third-order valence-corrected chi connectivity index (χ3v) is 8.30. The van der Waals surface area contributed by atoms with Crippen LogP contribution in [0.25, 0.3) is 0 Å². The first-order chi connectivity index (χ1) is 26.5. The number of aliphatic hydroxyl groups excluding tert-OH is 1. The SMILES string of the molecule is CC(C)C[C@H](NC(=O)[C@H](Cc1ccccc1)NC(=O)[C@H](Cc1ccccc1)NC(=O)[C@@H](N)CO)C(=O)N[C@@H](CCCN=C(N)N)C(=O)N[C@@H](CC(N)=O)C(=O)O. The molecule has 2 aromatic rings. The number of aliphatic carboxylic acids is 1. The number of aliphatic hydroxyl groups is 1. The first-order valence-corrected chi connectivity index (χ1v) is 18.0. The third-order valence-electron chi connectivity index (χ3n) is 8.30. The van der Waals surface area contributed by atoms with Crippen molar-refractivity contribution in [1.82, 2.24) is 26.6 Å². The molecule has 0 saturated carbocycles. The number of primary amides is 1. The van der Waals surface area contributed by atoms with Gasteiger partial charge in [0, 0.05) is 19.4 Å². The van der Waals surface area contributed by atoms with E-state index in [2.05, 4.69) is 31.6 Å². The predicted octanol–water partition coefficient (Wildman–Crippen LogP) is -2.72. The molecule has 15 N–H and O–H groups in total. The van der Waals surface area contributed by atoms with Gasteiger partial charge in [-0.05, 0) is 36.3 Å². The van der Waals surface area contributed by atoms with E-state index in [4.69, 9.17) is 22.9 Å². The van der Waals surface area contributed by atoms with E-state index in [1.807, 2.05) is 0 Å². The van der Waals surface area contributed by atoms with Gasteiger partial charge in [-0.1, -0.05) is 74.5 Å². The highest BCUT2D eigenvalue weighted by Crippen LogP contribution is 2.11. The average molecular weight is 783 g/mol. The molecular formula is C37H54N10O9. The highest BCUT2D eigenvalue weighted by atomic mass is 16.4. The zero-order chi connectivity index (χ0) is 41.8. The van der Waals surface area contributed by atoms with Gasteiger partial charge in [0.1, 0.15) is 36.3 Å². The van der Waals surface area contributed by atoms with Crippen LogP contribution in [0.1, 0.15) is 50.7 Å². The number of aliphatic imine (C=N–C) groups is 1. The van der Waals surface area contributed by atoms with E-state index in [1.54, 1.807) is 74.5 Å². The molecule has 0 unspecified atom stereocenters. The lowest BCUT2D eigenvalue weighted by molar-refractivity contribution is -0.143. The lowest BCUT2D eigenvalue weighted by Gasteiger charge is -2.28. The fourth-order valence-electron chi connectivity index (χ4n) is 5.45. The second-order valence-corrected chi connectivity index (χ2v) is 13.6. The number of carboxylic acid groups (broad SMARTS) is 1. The summed E-state index contributed by atoms with van der Waals surface area (Å²) in [6.07, 6.45) is -0.537. The number of nitrogens with one attached hydrogen (secondary N) is 5. The molecule has 2 rings (SSSR count). The van der Waals surface area contributed by atoms with Crippen LogP contribution in [-0.2, 0) is 46.4 Å². The van der Waals surface area contributed by atoms with Crippen LogP contribution in [0.15, 0.2) is 65.7 Å². The fourth-order valence-corrected chi connectivity index (χ4v) is 5.45. The minimum atomic E-state index is -1.68. The van der Waals surface area contributed by atoms with Gasteiger partial charge in [-0.25, -0.2) is 4.79 Å². The maximum absolute atomic E-state index is 14.1. The molecule has 0 fully saturated rings. The first kappa shape index (κ1) is 46.1. The Bertz CT molecular complexity index is 1660. The topological polar surface area (TPSA) is 337 Å². The molecule has 0 aromatic heterocycles. The molecule has 0 radical (unpaired) electrons. The Morgan fingerprint density at radius 1 is 0.643 bits per heavy atom. The van der Waals surface area contributed by atoms with Crippen molar-refractivity contribution >= 4 is 47.4 Å². The normalized spacial score (nSPS) is 14.1. The average Bonchev–Trinajstić information content (AvgIpc) is 3.14. The molecule has 6 atom stereocenters. The van der Waals surface area contributed by atoms with Crippen LogP contribution in [0.4, 0.5) is 0 Å². The molecule has 19 heteroatoms. The van der Waals surface area contributed by atoms with Gasteiger partial charge in [-0.2, -0.15) is 0 Å². The van der Waals surface area contributed by atoms with Gasteiger partial charge in [-0.3, -0.25) is 33.8 Å². The van der Waals surface area contributed by atoms with Crippen LogP contribution in [0, 0.1) is 5.92 Å². The molecule has 19 nitrogen and oxygen atoms in total. The molecule has 0 aliphatic heterocycles. The summed E-state index contributed by atoms with van der Waals surface area (Å²) in [7, 11) is 0. The van der Waals surface area contributed by atoms with Gasteiger partial charge in [0.05, 0.1) is 13.0 Å². The number of carbonyl (C=O) groups is 7. The molecule has 6 amide bonds. The molecule has 0 saturated heterocycles. The van der Waals surface area contributed by atoms with Crippen molar-refractivity contribution in [2.45, 2.75) is 88.6 Å². The Hall–Kier alpha value is -6.08. The number of hydrogen-bond donors (Lipinski definition) is 11. The van der Waals surface area contributed by atoms with Crippen LogP contribution in [0.2, 0.25) is 0 Å². The van der Waals surface area contributed by atoms with Crippen molar-refractivity contribution in [2.75, 3.05) is 13.2 Å². The van der Waals surface area contributed by atoms with Gasteiger partial charge < -0.3 is 59.7 Å². The number of nitrogens with zero attached hydrogens (tertiary/aromatic N) is 1. The van der Waals surface area contributed by atoms with Crippen molar-refractivity contribution in [2.24, 2.45) is 33.8 Å². The second kappa shape index (κ2) is 23.6. The minimum Gasteiger partial charge on any atom is -0.480 e. The predicted molar refractivity (Wildman–Crippen MR) is 206 cm³/mol. The summed E-state index contributed by atoms with van der Waals surface area (Å²) >= 11 is 0.